The lowest BCUT2D eigenvalue weighted by molar-refractivity contribution is 0.617. The van der Waals surface area contributed by atoms with Gasteiger partial charge in [0.15, 0.2) is 0 Å². The Hall–Kier alpha value is -1.36. The SMILES string of the molecule is CCNc1nccn1-c1ccc(Br)cc1F. The fraction of sp³-hybridized carbons (Fsp3) is 0.182. The molecule has 3 nitrogen and oxygen atoms in total. The van der Waals surface area contributed by atoms with Crippen LogP contribution in [-0.2, 0) is 0 Å². The Kier molecular flexibility index (Phi) is 3.24. The van der Waals surface area contributed by atoms with E-state index in [4.69, 9.17) is 0 Å². The van der Waals surface area contributed by atoms with Gasteiger partial charge in [-0.3, -0.25) is 4.57 Å². The van der Waals surface area contributed by atoms with E-state index in [0.29, 0.717) is 11.6 Å². The minimum Gasteiger partial charge on any atom is -0.356 e. The Morgan fingerprint density at radius 1 is 1.50 bits per heavy atom. The van der Waals surface area contributed by atoms with Crippen LogP contribution in [0, 0.1) is 5.82 Å². The summed E-state index contributed by atoms with van der Waals surface area (Å²) >= 11 is 3.23. The minimum absolute atomic E-state index is 0.286. The molecule has 1 N–H and O–H groups in total. The molecule has 0 unspecified atom stereocenters. The first kappa shape index (κ1) is 11.1. The zero-order chi connectivity index (χ0) is 11.5. The van der Waals surface area contributed by atoms with Crippen LogP contribution in [0.3, 0.4) is 0 Å². The van der Waals surface area contributed by atoms with E-state index < -0.39 is 0 Å². The molecule has 0 fully saturated rings. The molecular formula is C11H11BrFN3. The predicted octanol–water partition coefficient (Wildman–Crippen LogP) is 3.21. The summed E-state index contributed by atoms with van der Waals surface area (Å²) < 4.78 is 16.1. The number of hydrogen-bond donors (Lipinski definition) is 1. The summed E-state index contributed by atoms with van der Waals surface area (Å²) in [5.41, 5.74) is 0.483. The molecule has 16 heavy (non-hydrogen) atoms. The van der Waals surface area contributed by atoms with Gasteiger partial charge in [0.05, 0.1) is 5.69 Å². The van der Waals surface area contributed by atoms with Crippen LogP contribution in [0.1, 0.15) is 6.92 Å². The molecule has 0 aliphatic heterocycles. The topological polar surface area (TPSA) is 29.9 Å². The monoisotopic (exact) mass is 283 g/mol. The van der Waals surface area contributed by atoms with Gasteiger partial charge in [0.1, 0.15) is 5.82 Å². The zero-order valence-corrected chi connectivity index (χ0v) is 10.3. The van der Waals surface area contributed by atoms with E-state index in [-0.39, 0.29) is 5.82 Å². The normalized spacial score (nSPS) is 10.4. The molecule has 2 aromatic rings. The van der Waals surface area contributed by atoms with Gasteiger partial charge < -0.3 is 5.32 Å². The third-order valence-electron chi connectivity index (χ3n) is 2.14. The fourth-order valence-corrected chi connectivity index (χ4v) is 1.80. The first-order valence-electron chi connectivity index (χ1n) is 4.95. The number of benzene rings is 1. The highest BCUT2D eigenvalue weighted by atomic mass is 79.9. The Labute approximate surface area is 101 Å². The standard InChI is InChI=1S/C11H11BrFN3/c1-2-14-11-15-5-6-16(11)10-4-3-8(12)7-9(10)13/h3-7H,2H2,1H3,(H,14,15). The minimum atomic E-state index is -0.286. The molecule has 0 aliphatic carbocycles. The number of nitrogens with one attached hydrogen (secondary N) is 1. The number of aromatic nitrogens is 2. The molecule has 1 aromatic heterocycles. The first-order valence-corrected chi connectivity index (χ1v) is 5.74. The van der Waals surface area contributed by atoms with E-state index in [1.807, 2.05) is 6.92 Å². The fourth-order valence-electron chi connectivity index (χ4n) is 1.46. The van der Waals surface area contributed by atoms with Crippen molar-refractivity contribution in [1.82, 2.24) is 9.55 Å². The molecule has 84 valence electrons. The summed E-state index contributed by atoms with van der Waals surface area (Å²) in [6.45, 7) is 2.71. The molecule has 2 rings (SSSR count). The maximum atomic E-state index is 13.7. The van der Waals surface area contributed by atoms with Crippen LogP contribution in [0.5, 0.6) is 0 Å². The molecule has 0 spiro atoms. The van der Waals surface area contributed by atoms with E-state index in [9.17, 15) is 4.39 Å². The molecule has 1 aromatic carbocycles. The van der Waals surface area contributed by atoms with Crippen LogP contribution in [0.15, 0.2) is 35.1 Å². The first-order chi connectivity index (χ1) is 7.72. The van der Waals surface area contributed by atoms with Crippen molar-refractivity contribution in [2.75, 3.05) is 11.9 Å². The molecule has 0 saturated carbocycles. The summed E-state index contributed by atoms with van der Waals surface area (Å²) in [5, 5.41) is 3.07. The number of hydrogen-bond acceptors (Lipinski definition) is 2. The molecule has 0 bridgehead atoms. The predicted molar refractivity (Wildman–Crippen MR) is 65.4 cm³/mol. The zero-order valence-electron chi connectivity index (χ0n) is 8.74. The molecule has 1 heterocycles. The Morgan fingerprint density at radius 3 is 3.00 bits per heavy atom. The van der Waals surface area contributed by atoms with E-state index in [1.54, 1.807) is 29.1 Å². The Bertz CT molecular complexity index is 496. The lowest BCUT2D eigenvalue weighted by atomic mass is 10.3. The highest BCUT2D eigenvalue weighted by molar-refractivity contribution is 9.10. The summed E-state index contributed by atoms with van der Waals surface area (Å²) in [6, 6.07) is 4.95. The second-order valence-corrected chi connectivity index (χ2v) is 4.16. The third-order valence-corrected chi connectivity index (χ3v) is 2.64. The van der Waals surface area contributed by atoms with Gasteiger partial charge in [0.2, 0.25) is 5.95 Å². The van der Waals surface area contributed by atoms with Gasteiger partial charge in [0.25, 0.3) is 0 Å². The van der Waals surface area contributed by atoms with Gasteiger partial charge >= 0.3 is 0 Å². The highest BCUT2D eigenvalue weighted by Gasteiger charge is 2.08. The van der Waals surface area contributed by atoms with E-state index in [0.717, 1.165) is 11.0 Å². The summed E-state index contributed by atoms with van der Waals surface area (Å²) in [5.74, 6) is 0.357. The van der Waals surface area contributed by atoms with E-state index >= 15 is 0 Å². The van der Waals surface area contributed by atoms with Crippen LogP contribution in [0.25, 0.3) is 5.69 Å². The van der Waals surface area contributed by atoms with Gasteiger partial charge in [-0.1, -0.05) is 15.9 Å². The van der Waals surface area contributed by atoms with E-state index in [2.05, 4.69) is 26.2 Å². The number of halogens is 2. The van der Waals surface area contributed by atoms with Crippen LogP contribution in [0.4, 0.5) is 10.3 Å². The van der Waals surface area contributed by atoms with Crippen molar-refractivity contribution in [3.63, 3.8) is 0 Å². The van der Waals surface area contributed by atoms with Crippen LogP contribution < -0.4 is 5.32 Å². The Balaban J connectivity index is 2.46. The maximum absolute atomic E-state index is 13.7. The Morgan fingerprint density at radius 2 is 2.31 bits per heavy atom. The third kappa shape index (κ3) is 2.09. The van der Waals surface area contributed by atoms with Crippen LogP contribution in [-0.4, -0.2) is 16.1 Å². The molecule has 0 aliphatic rings. The van der Waals surface area contributed by atoms with Crippen molar-refractivity contribution in [3.05, 3.63) is 40.9 Å². The summed E-state index contributed by atoms with van der Waals surface area (Å²) in [4.78, 5) is 4.12. The van der Waals surface area contributed by atoms with E-state index in [1.165, 1.54) is 6.07 Å². The molecule has 0 atom stereocenters. The molecule has 5 heteroatoms. The highest BCUT2D eigenvalue weighted by Crippen LogP contribution is 2.21. The quantitative estimate of drug-likeness (QED) is 0.938. The second-order valence-electron chi connectivity index (χ2n) is 3.25. The average Bonchev–Trinajstić information content (AvgIpc) is 2.67. The van der Waals surface area contributed by atoms with Crippen molar-refractivity contribution in [2.45, 2.75) is 6.92 Å². The van der Waals surface area contributed by atoms with Gasteiger partial charge in [-0.25, -0.2) is 9.37 Å². The van der Waals surface area contributed by atoms with Crippen LogP contribution in [0.2, 0.25) is 0 Å². The maximum Gasteiger partial charge on any atom is 0.207 e. The molecular weight excluding hydrogens is 273 g/mol. The number of imidazole rings is 1. The number of rotatable bonds is 3. The van der Waals surface area contributed by atoms with Crippen molar-refractivity contribution in [2.24, 2.45) is 0 Å². The molecule has 0 radical (unpaired) electrons. The lowest BCUT2D eigenvalue weighted by Crippen LogP contribution is -2.06. The van der Waals surface area contributed by atoms with Crippen LogP contribution >= 0.6 is 15.9 Å². The number of nitrogens with zero attached hydrogens (tertiary/aromatic N) is 2. The largest absolute Gasteiger partial charge is 0.356 e. The second kappa shape index (κ2) is 4.65. The number of anilines is 1. The smallest absolute Gasteiger partial charge is 0.207 e. The molecule has 0 amide bonds. The lowest BCUT2D eigenvalue weighted by Gasteiger charge is -2.09. The van der Waals surface area contributed by atoms with Crippen molar-refractivity contribution < 1.29 is 4.39 Å². The summed E-state index contributed by atoms with van der Waals surface area (Å²) in [6.07, 6.45) is 3.36. The van der Waals surface area contributed by atoms with Gasteiger partial charge in [-0.2, -0.15) is 0 Å². The summed E-state index contributed by atoms with van der Waals surface area (Å²) in [7, 11) is 0. The van der Waals surface area contributed by atoms with Gasteiger partial charge in [-0.15, -0.1) is 0 Å². The van der Waals surface area contributed by atoms with Crippen molar-refractivity contribution in [1.29, 1.82) is 0 Å². The van der Waals surface area contributed by atoms with Crippen molar-refractivity contribution >= 4 is 21.9 Å². The van der Waals surface area contributed by atoms with Gasteiger partial charge in [-0.05, 0) is 25.1 Å². The van der Waals surface area contributed by atoms with Crippen molar-refractivity contribution in [3.8, 4) is 5.69 Å². The average molecular weight is 284 g/mol. The molecule has 0 saturated heterocycles. The van der Waals surface area contributed by atoms with Gasteiger partial charge in [0, 0.05) is 23.4 Å².